The number of benzene rings is 2. The zero-order chi connectivity index (χ0) is 18.5. The minimum atomic E-state index is -0.445. The first-order valence-corrected chi connectivity index (χ1v) is 9.93. The van der Waals surface area contributed by atoms with Gasteiger partial charge in [-0.25, -0.2) is 4.79 Å². The molecule has 0 spiro atoms. The Balaban J connectivity index is 1.81. The number of phenols is 1. The number of aromatic hydroxyl groups is 1. The molecule has 1 aliphatic rings. The van der Waals surface area contributed by atoms with E-state index in [0.29, 0.717) is 34.1 Å². The minimum absolute atomic E-state index is 0.186. The third kappa shape index (κ3) is 2.75. The van der Waals surface area contributed by atoms with Crippen molar-refractivity contribution >= 4 is 48.8 Å². The molecule has 1 N–H and O–H groups in total. The van der Waals surface area contributed by atoms with Gasteiger partial charge in [-0.1, -0.05) is 22.4 Å². The largest absolute Gasteiger partial charge is 0.508 e. The first-order chi connectivity index (χ1) is 13.1. The van der Waals surface area contributed by atoms with Crippen LogP contribution in [0.1, 0.15) is 24.8 Å². The van der Waals surface area contributed by atoms with Crippen molar-refractivity contribution in [1.82, 2.24) is 4.90 Å². The van der Waals surface area contributed by atoms with Crippen LogP contribution < -0.4 is 5.63 Å². The molecule has 1 aliphatic heterocycles. The second kappa shape index (κ2) is 6.39. The van der Waals surface area contributed by atoms with Gasteiger partial charge in [0.05, 0.1) is 5.39 Å². The van der Waals surface area contributed by atoms with Gasteiger partial charge in [-0.3, -0.25) is 4.90 Å². The van der Waals surface area contributed by atoms with Crippen molar-refractivity contribution in [3.05, 3.63) is 50.8 Å². The molecule has 2 aromatic heterocycles. The van der Waals surface area contributed by atoms with Gasteiger partial charge in [0.1, 0.15) is 22.3 Å². The number of piperidine rings is 1. The number of halogens is 1. The second-order valence-corrected chi connectivity index (χ2v) is 8.03. The fraction of sp³-hybridized carbons (Fsp3) is 0.286. The fourth-order valence-electron chi connectivity index (χ4n) is 4.05. The SMILES string of the molecule is O=c1oc2cc(Br)ccc2c2oc3ccc(O)c(CN4CCCCC4)c3c12. The molecule has 3 heterocycles. The number of fused-ring (bicyclic) bond motifs is 5. The Bertz CT molecular complexity index is 1230. The maximum Gasteiger partial charge on any atom is 0.348 e. The summed E-state index contributed by atoms with van der Waals surface area (Å²) in [4.78, 5) is 15.1. The third-order valence-electron chi connectivity index (χ3n) is 5.36. The van der Waals surface area contributed by atoms with Crippen LogP contribution in [-0.2, 0) is 6.54 Å². The van der Waals surface area contributed by atoms with E-state index < -0.39 is 5.63 Å². The number of hydrogen-bond acceptors (Lipinski definition) is 5. The predicted octanol–water partition coefficient (Wildman–Crippen LogP) is 5.15. The lowest BCUT2D eigenvalue weighted by Crippen LogP contribution is -2.29. The van der Waals surface area contributed by atoms with Crippen LogP contribution in [0.2, 0.25) is 0 Å². The van der Waals surface area contributed by atoms with Crippen LogP contribution in [-0.4, -0.2) is 23.1 Å². The van der Waals surface area contributed by atoms with Crippen LogP contribution in [0.4, 0.5) is 0 Å². The zero-order valence-corrected chi connectivity index (χ0v) is 16.2. The third-order valence-corrected chi connectivity index (χ3v) is 5.86. The highest BCUT2D eigenvalue weighted by Crippen LogP contribution is 2.38. The van der Waals surface area contributed by atoms with Gasteiger partial charge in [0.15, 0.2) is 5.58 Å². The summed E-state index contributed by atoms with van der Waals surface area (Å²) in [7, 11) is 0. The van der Waals surface area contributed by atoms with Gasteiger partial charge in [0, 0.05) is 22.0 Å². The molecule has 5 nitrogen and oxygen atoms in total. The van der Waals surface area contributed by atoms with E-state index in [1.807, 2.05) is 12.1 Å². The van der Waals surface area contributed by atoms with Crippen molar-refractivity contribution in [1.29, 1.82) is 0 Å². The molecule has 0 aliphatic carbocycles. The summed E-state index contributed by atoms with van der Waals surface area (Å²) in [6.45, 7) is 2.59. The molecule has 0 radical (unpaired) electrons. The molecule has 0 amide bonds. The summed E-state index contributed by atoms with van der Waals surface area (Å²) >= 11 is 3.40. The number of hydrogen-bond donors (Lipinski definition) is 1. The molecule has 5 rings (SSSR count). The van der Waals surface area contributed by atoms with E-state index in [2.05, 4.69) is 20.8 Å². The van der Waals surface area contributed by atoms with Crippen molar-refractivity contribution < 1.29 is 13.9 Å². The van der Waals surface area contributed by atoms with E-state index in [9.17, 15) is 9.90 Å². The van der Waals surface area contributed by atoms with Gasteiger partial charge in [-0.2, -0.15) is 0 Å². The summed E-state index contributed by atoms with van der Waals surface area (Å²) < 4.78 is 12.5. The molecule has 0 saturated carbocycles. The van der Waals surface area contributed by atoms with Crippen LogP contribution >= 0.6 is 15.9 Å². The molecular formula is C21H18BrNO4. The Morgan fingerprint density at radius 2 is 1.81 bits per heavy atom. The molecule has 138 valence electrons. The van der Waals surface area contributed by atoms with Gasteiger partial charge in [0.2, 0.25) is 0 Å². The van der Waals surface area contributed by atoms with Crippen LogP contribution in [0.25, 0.3) is 32.9 Å². The molecule has 0 bridgehead atoms. The molecule has 1 fully saturated rings. The quantitative estimate of drug-likeness (QED) is 0.448. The van der Waals surface area contributed by atoms with E-state index >= 15 is 0 Å². The van der Waals surface area contributed by atoms with Gasteiger partial charge in [-0.05, 0) is 56.3 Å². The van der Waals surface area contributed by atoms with E-state index in [-0.39, 0.29) is 5.75 Å². The highest BCUT2D eigenvalue weighted by atomic mass is 79.9. The lowest BCUT2D eigenvalue weighted by molar-refractivity contribution is 0.219. The van der Waals surface area contributed by atoms with Crippen LogP contribution in [0.15, 0.2) is 48.4 Å². The fourth-order valence-corrected chi connectivity index (χ4v) is 4.39. The summed E-state index contributed by atoms with van der Waals surface area (Å²) in [5, 5.41) is 12.4. The molecule has 4 aromatic rings. The van der Waals surface area contributed by atoms with Crippen LogP contribution in [0.5, 0.6) is 5.75 Å². The number of furan rings is 1. The van der Waals surface area contributed by atoms with E-state index in [4.69, 9.17) is 8.83 Å². The van der Waals surface area contributed by atoms with E-state index in [0.717, 1.165) is 41.4 Å². The van der Waals surface area contributed by atoms with Gasteiger partial charge >= 0.3 is 5.63 Å². The normalized spacial score (nSPS) is 15.9. The van der Waals surface area contributed by atoms with Gasteiger partial charge < -0.3 is 13.9 Å². The molecule has 27 heavy (non-hydrogen) atoms. The smallest absolute Gasteiger partial charge is 0.348 e. The molecule has 6 heteroatoms. The van der Waals surface area contributed by atoms with E-state index in [1.165, 1.54) is 6.42 Å². The molecular weight excluding hydrogens is 410 g/mol. The monoisotopic (exact) mass is 427 g/mol. The highest BCUT2D eigenvalue weighted by molar-refractivity contribution is 9.10. The predicted molar refractivity (Wildman–Crippen MR) is 108 cm³/mol. The van der Waals surface area contributed by atoms with Crippen molar-refractivity contribution in [2.75, 3.05) is 13.1 Å². The van der Waals surface area contributed by atoms with Gasteiger partial charge in [0.25, 0.3) is 0 Å². The summed E-state index contributed by atoms with van der Waals surface area (Å²) in [6.07, 6.45) is 3.56. The van der Waals surface area contributed by atoms with E-state index in [1.54, 1.807) is 18.2 Å². The van der Waals surface area contributed by atoms with Crippen molar-refractivity contribution in [3.63, 3.8) is 0 Å². The summed E-state index contributed by atoms with van der Waals surface area (Å²) in [6, 6.07) is 8.88. The topological polar surface area (TPSA) is 66.8 Å². The Labute approximate surface area is 163 Å². The molecule has 2 aromatic carbocycles. The van der Waals surface area contributed by atoms with Crippen molar-refractivity contribution in [2.45, 2.75) is 25.8 Å². The number of likely N-dealkylation sites (tertiary alicyclic amines) is 1. The Kier molecular flexibility index (Phi) is 3.98. The summed E-state index contributed by atoms with van der Waals surface area (Å²) in [5.74, 6) is 0.186. The molecule has 0 unspecified atom stereocenters. The molecule has 1 saturated heterocycles. The standard InChI is InChI=1S/C21H18BrNO4/c22-12-4-5-13-17(10-12)27-21(25)19-18-14(11-23-8-2-1-3-9-23)15(24)6-7-16(18)26-20(13)19/h4-7,10,24H,1-3,8-9,11H2. The first-order valence-electron chi connectivity index (χ1n) is 9.13. The lowest BCUT2D eigenvalue weighted by atomic mass is 10.0. The first kappa shape index (κ1) is 16.8. The molecule has 0 atom stereocenters. The Morgan fingerprint density at radius 1 is 1.00 bits per heavy atom. The maximum absolute atomic E-state index is 12.8. The zero-order valence-electron chi connectivity index (χ0n) is 14.6. The average molecular weight is 428 g/mol. The van der Waals surface area contributed by atoms with Crippen molar-refractivity contribution in [3.8, 4) is 5.75 Å². The number of nitrogens with zero attached hydrogens (tertiary/aromatic N) is 1. The lowest BCUT2D eigenvalue weighted by Gasteiger charge is -2.26. The number of rotatable bonds is 2. The average Bonchev–Trinajstić information content (AvgIpc) is 3.05. The number of phenolic OH excluding ortho intramolecular Hbond substituents is 1. The maximum atomic E-state index is 12.8. The second-order valence-electron chi connectivity index (χ2n) is 7.11. The Hall–Kier alpha value is -2.31. The van der Waals surface area contributed by atoms with Crippen LogP contribution in [0, 0.1) is 0 Å². The highest BCUT2D eigenvalue weighted by Gasteiger charge is 2.22. The summed E-state index contributed by atoms with van der Waals surface area (Å²) in [5.41, 5.74) is 1.87. The van der Waals surface area contributed by atoms with Crippen LogP contribution in [0.3, 0.4) is 0 Å². The minimum Gasteiger partial charge on any atom is -0.508 e. The Morgan fingerprint density at radius 3 is 2.63 bits per heavy atom. The van der Waals surface area contributed by atoms with Crippen molar-refractivity contribution in [2.24, 2.45) is 0 Å². The van der Waals surface area contributed by atoms with Gasteiger partial charge in [-0.15, -0.1) is 0 Å².